The highest BCUT2D eigenvalue weighted by Gasteiger charge is 2.43. The van der Waals surface area contributed by atoms with Crippen molar-refractivity contribution in [3.05, 3.63) is 29.3 Å². The minimum absolute atomic E-state index is 0.0498. The smallest absolute Gasteiger partial charge is 0.303 e. The Labute approximate surface area is 168 Å². The van der Waals surface area contributed by atoms with Crippen LogP contribution in [0.3, 0.4) is 0 Å². The number of carbonyl (C=O) groups is 1. The standard InChI is InChI=1S/C23H35NO4/c1-22(2)18-14-17(25)8-7-16(18)13-19(28-3)21(22)24-12-11-23(15-20(26)27)9-5-4-6-10-23/h7-8,14,19,21,24-25H,4-6,9-13,15H2,1-3H3,(H,26,27). The van der Waals surface area contributed by atoms with Crippen LogP contribution in [0.25, 0.3) is 0 Å². The number of methoxy groups -OCH3 is 1. The van der Waals surface area contributed by atoms with Crippen LogP contribution in [0.4, 0.5) is 0 Å². The lowest BCUT2D eigenvalue weighted by Gasteiger charge is -2.46. The number of phenolic OH excluding ortho intramolecular Hbond substituents is 1. The molecular weight excluding hydrogens is 354 g/mol. The lowest BCUT2D eigenvalue weighted by Crippen LogP contribution is -2.57. The summed E-state index contributed by atoms with van der Waals surface area (Å²) in [6.45, 7) is 5.18. The van der Waals surface area contributed by atoms with E-state index in [4.69, 9.17) is 4.74 Å². The van der Waals surface area contributed by atoms with Gasteiger partial charge < -0.3 is 20.3 Å². The average molecular weight is 390 g/mol. The molecule has 0 radical (unpaired) electrons. The van der Waals surface area contributed by atoms with Crippen molar-refractivity contribution in [2.24, 2.45) is 5.41 Å². The van der Waals surface area contributed by atoms with E-state index in [1.54, 1.807) is 13.2 Å². The Hall–Kier alpha value is -1.59. The van der Waals surface area contributed by atoms with Crippen molar-refractivity contribution in [1.82, 2.24) is 5.32 Å². The quantitative estimate of drug-likeness (QED) is 0.657. The van der Waals surface area contributed by atoms with E-state index in [1.165, 1.54) is 12.0 Å². The van der Waals surface area contributed by atoms with E-state index >= 15 is 0 Å². The van der Waals surface area contributed by atoms with Crippen LogP contribution in [0, 0.1) is 5.41 Å². The molecule has 5 heteroatoms. The fourth-order valence-electron chi connectivity index (χ4n) is 5.55. The molecule has 3 N–H and O–H groups in total. The number of aliphatic carboxylic acids is 1. The summed E-state index contributed by atoms with van der Waals surface area (Å²) >= 11 is 0. The Morgan fingerprint density at radius 2 is 1.96 bits per heavy atom. The Bertz CT molecular complexity index is 694. The molecule has 0 bridgehead atoms. The summed E-state index contributed by atoms with van der Waals surface area (Å²) in [5.74, 6) is -0.386. The van der Waals surface area contributed by atoms with Gasteiger partial charge in [0.25, 0.3) is 0 Å². The maximum absolute atomic E-state index is 11.4. The van der Waals surface area contributed by atoms with Crippen LogP contribution in [0.15, 0.2) is 18.2 Å². The first kappa shape index (κ1) is 21.1. The van der Waals surface area contributed by atoms with Gasteiger partial charge in [-0.3, -0.25) is 4.79 Å². The molecule has 2 unspecified atom stereocenters. The van der Waals surface area contributed by atoms with Crippen LogP contribution in [0.5, 0.6) is 5.75 Å². The highest BCUT2D eigenvalue weighted by atomic mass is 16.5. The maximum atomic E-state index is 11.4. The first-order chi connectivity index (χ1) is 13.3. The van der Waals surface area contributed by atoms with Crippen molar-refractivity contribution in [1.29, 1.82) is 0 Å². The zero-order valence-electron chi connectivity index (χ0n) is 17.5. The molecule has 3 rings (SSSR count). The van der Waals surface area contributed by atoms with Gasteiger partial charge in [0.2, 0.25) is 0 Å². The van der Waals surface area contributed by atoms with Crippen LogP contribution in [-0.2, 0) is 21.4 Å². The Morgan fingerprint density at radius 3 is 2.61 bits per heavy atom. The molecule has 0 saturated heterocycles. The van der Waals surface area contributed by atoms with E-state index in [2.05, 4.69) is 19.2 Å². The van der Waals surface area contributed by atoms with Crippen LogP contribution < -0.4 is 5.32 Å². The minimum atomic E-state index is -0.681. The third-order valence-electron chi connectivity index (χ3n) is 7.12. The van der Waals surface area contributed by atoms with Crippen molar-refractivity contribution in [3.8, 4) is 5.75 Å². The molecule has 2 aliphatic carbocycles. The molecule has 156 valence electrons. The van der Waals surface area contributed by atoms with Crippen LogP contribution in [0.1, 0.15) is 69.9 Å². The number of rotatable bonds is 7. The number of carboxylic acids is 1. The number of nitrogens with one attached hydrogen (secondary N) is 1. The van der Waals surface area contributed by atoms with Crippen LogP contribution in [0.2, 0.25) is 0 Å². The van der Waals surface area contributed by atoms with Crippen molar-refractivity contribution in [2.75, 3.05) is 13.7 Å². The Balaban J connectivity index is 1.74. The number of ether oxygens (including phenoxy) is 1. The van der Waals surface area contributed by atoms with Gasteiger partial charge in [-0.15, -0.1) is 0 Å². The molecule has 1 saturated carbocycles. The Morgan fingerprint density at radius 1 is 1.25 bits per heavy atom. The van der Waals surface area contributed by atoms with Crippen LogP contribution >= 0.6 is 0 Å². The maximum Gasteiger partial charge on any atom is 0.303 e. The first-order valence-electron chi connectivity index (χ1n) is 10.6. The van der Waals surface area contributed by atoms with Gasteiger partial charge in [-0.1, -0.05) is 39.2 Å². The molecule has 2 atom stereocenters. The number of benzene rings is 1. The van der Waals surface area contributed by atoms with Gasteiger partial charge in [-0.25, -0.2) is 0 Å². The topological polar surface area (TPSA) is 78.8 Å². The molecule has 1 fully saturated rings. The van der Waals surface area contributed by atoms with Gasteiger partial charge in [-0.2, -0.15) is 0 Å². The fraction of sp³-hybridized carbons (Fsp3) is 0.696. The molecule has 1 aromatic rings. The predicted octanol–water partition coefficient (Wildman–Crippen LogP) is 4.01. The number of phenols is 1. The van der Waals surface area contributed by atoms with Gasteiger partial charge in [0.15, 0.2) is 0 Å². The van der Waals surface area contributed by atoms with Gasteiger partial charge >= 0.3 is 5.97 Å². The summed E-state index contributed by atoms with van der Waals surface area (Å²) in [6.07, 6.45) is 7.53. The van der Waals surface area contributed by atoms with E-state index in [0.29, 0.717) is 5.75 Å². The second kappa shape index (κ2) is 8.42. The van der Waals surface area contributed by atoms with Gasteiger partial charge in [0, 0.05) is 25.0 Å². The second-order valence-electron chi connectivity index (χ2n) is 9.35. The SMILES string of the molecule is COC1Cc2ccc(O)cc2C(C)(C)C1NCCC1(CC(=O)O)CCCCC1. The summed E-state index contributed by atoms with van der Waals surface area (Å²) in [4.78, 5) is 11.4. The lowest BCUT2D eigenvalue weighted by atomic mass is 9.67. The van der Waals surface area contributed by atoms with Crippen molar-refractivity contribution in [2.45, 2.75) is 82.8 Å². The molecule has 0 aliphatic heterocycles. The summed E-state index contributed by atoms with van der Waals surface area (Å²) in [7, 11) is 1.76. The van der Waals surface area contributed by atoms with Gasteiger partial charge in [-0.05, 0) is 54.5 Å². The van der Waals surface area contributed by atoms with E-state index in [9.17, 15) is 15.0 Å². The molecular formula is C23H35NO4. The predicted molar refractivity (Wildman–Crippen MR) is 110 cm³/mol. The summed E-state index contributed by atoms with van der Waals surface area (Å²) < 4.78 is 5.84. The molecule has 1 aromatic carbocycles. The van der Waals surface area contributed by atoms with Crippen LogP contribution in [-0.4, -0.2) is 42.0 Å². The number of carboxylic acid groups (broad SMARTS) is 1. The molecule has 5 nitrogen and oxygen atoms in total. The van der Waals surface area contributed by atoms with Crippen molar-refractivity contribution < 1.29 is 19.7 Å². The first-order valence-corrected chi connectivity index (χ1v) is 10.6. The number of fused-ring (bicyclic) bond motifs is 1. The normalized spacial score (nSPS) is 25.8. The molecule has 0 heterocycles. The molecule has 0 amide bonds. The third-order valence-corrected chi connectivity index (χ3v) is 7.12. The monoisotopic (exact) mass is 389 g/mol. The van der Waals surface area contributed by atoms with Gasteiger partial charge in [0.05, 0.1) is 12.5 Å². The summed E-state index contributed by atoms with van der Waals surface area (Å²) in [5, 5.41) is 23.1. The van der Waals surface area contributed by atoms with Crippen molar-refractivity contribution >= 4 is 5.97 Å². The van der Waals surface area contributed by atoms with E-state index in [0.717, 1.165) is 50.6 Å². The number of aromatic hydroxyl groups is 1. The highest BCUT2D eigenvalue weighted by molar-refractivity contribution is 5.67. The summed E-state index contributed by atoms with van der Waals surface area (Å²) in [6, 6.07) is 5.73. The van der Waals surface area contributed by atoms with E-state index in [-0.39, 0.29) is 29.4 Å². The zero-order valence-corrected chi connectivity index (χ0v) is 17.5. The van der Waals surface area contributed by atoms with E-state index < -0.39 is 5.97 Å². The molecule has 28 heavy (non-hydrogen) atoms. The molecule has 2 aliphatic rings. The van der Waals surface area contributed by atoms with E-state index in [1.807, 2.05) is 12.1 Å². The Kier molecular flexibility index (Phi) is 6.35. The molecule has 0 aromatic heterocycles. The molecule has 0 spiro atoms. The third kappa shape index (κ3) is 4.36. The summed E-state index contributed by atoms with van der Waals surface area (Å²) in [5.41, 5.74) is 2.12. The average Bonchev–Trinajstić information content (AvgIpc) is 2.64. The lowest BCUT2D eigenvalue weighted by molar-refractivity contribution is -0.140. The van der Waals surface area contributed by atoms with Crippen molar-refractivity contribution in [3.63, 3.8) is 0 Å². The largest absolute Gasteiger partial charge is 0.508 e. The van der Waals surface area contributed by atoms with Gasteiger partial charge in [0.1, 0.15) is 5.75 Å². The zero-order chi connectivity index (χ0) is 20.4. The second-order valence-corrected chi connectivity index (χ2v) is 9.35. The highest BCUT2D eigenvalue weighted by Crippen LogP contribution is 2.43. The number of hydrogen-bond donors (Lipinski definition) is 3. The fourth-order valence-corrected chi connectivity index (χ4v) is 5.55. The minimum Gasteiger partial charge on any atom is -0.508 e. The number of hydrogen-bond acceptors (Lipinski definition) is 4.